The van der Waals surface area contributed by atoms with Gasteiger partial charge >= 0.3 is 6.61 Å². The molecule has 1 aromatic carbocycles. The minimum Gasteiger partial charge on any atom is -0.433 e. The van der Waals surface area contributed by atoms with Crippen molar-refractivity contribution in [3.8, 4) is 16.9 Å². The van der Waals surface area contributed by atoms with Crippen LogP contribution in [0.5, 0.6) is 5.75 Å². The van der Waals surface area contributed by atoms with Gasteiger partial charge in [0.05, 0.1) is 17.6 Å². The zero-order valence-electron chi connectivity index (χ0n) is 16.7. The average molecular weight is 409 g/mol. The molecule has 3 aromatic heterocycles. The van der Waals surface area contributed by atoms with E-state index in [9.17, 15) is 8.78 Å². The molecule has 0 fully saturated rings. The summed E-state index contributed by atoms with van der Waals surface area (Å²) in [7, 11) is 1.88. The van der Waals surface area contributed by atoms with Crippen molar-refractivity contribution in [2.24, 2.45) is 7.05 Å². The van der Waals surface area contributed by atoms with Crippen molar-refractivity contribution in [1.29, 1.82) is 0 Å². The lowest BCUT2D eigenvalue weighted by molar-refractivity contribution is -0.0494. The van der Waals surface area contributed by atoms with E-state index in [1.165, 1.54) is 0 Å². The van der Waals surface area contributed by atoms with Gasteiger partial charge in [-0.1, -0.05) is 19.1 Å². The molecule has 154 valence electrons. The third kappa shape index (κ3) is 3.08. The molecule has 0 amide bonds. The number of aryl methyl sites for hydroxylation is 1. The molecule has 1 atom stereocenters. The number of ether oxygens (including phenoxy) is 1. The Balaban J connectivity index is 1.69. The number of nitrogens with zero attached hydrogens (tertiary/aromatic N) is 5. The molecule has 30 heavy (non-hydrogen) atoms. The summed E-state index contributed by atoms with van der Waals surface area (Å²) < 4.78 is 34.6. The number of alkyl halides is 2. The van der Waals surface area contributed by atoms with Crippen molar-refractivity contribution >= 4 is 17.2 Å². The Morgan fingerprint density at radius 1 is 1.10 bits per heavy atom. The summed E-state index contributed by atoms with van der Waals surface area (Å²) in [5.41, 5.74) is 4.39. The van der Waals surface area contributed by atoms with Crippen LogP contribution in [0.4, 0.5) is 20.3 Å². The number of hydrogen-bond acceptors (Lipinski definition) is 4. The minimum absolute atomic E-state index is 0.159. The Kier molecular flexibility index (Phi) is 4.42. The van der Waals surface area contributed by atoms with Gasteiger partial charge in [0.25, 0.3) is 0 Å². The third-order valence-electron chi connectivity index (χ3n) is 5.54. The van der Waals surface area contributed by atoms with E-state index < -0.39 is 6.61 Å². The smallest absolute Gasteiger partial charge is 0.387 e. The number of benzene rings is 1. The second-order valence-corrected chi connectivity index (χ2v) is 7.56. The maximum atomic E-state index is 13.0. The molecule has 4 heterocycles. The highest BCUT2D eigenvalue weighted by atomic mass is 19.3. The fourth-order valence-electron chi connectivity index (χ4n) is 4.07. The van der Waals surface area contributed by atoms with E-state index in [0.29, 0.717) is 12.2 Å². The van der Waals surface area contributed by atoms with Gasteiger partial charge in [-0.05, 0) is 30.7 Å². The minimum atomic E-state index is -2.88. The average Bonchev–Trinajstić information content (AvgIpc) is 3.33. The molecular formula is C22H21F2N5O. The number of rotatable bonds is 4. The molecule has 6 nitrogen and oxygen atoms in total. The van der Waals surface area contributed by atoms with Crippen LogP contribution in [0.1, 0.15) is 25.0 Å². The number of imidazole rings is 1. The summed E-state index contributed by atoms with van der Waals surface area (Å²) >= 11 is 0. The van der Waals surface area contributed by atoms with Crippen LogP contribution in [0.2, 0.25) is 0 Å². The van der Waals surface area contributed by atoms with E-state index in [2.05, 4.69) is 12.0 Å². The molecular weight excluding hydrogens is 388 g/mol. The maximum absolute atomic E-state index is 13.0. The molecule has 0 radical (unpaired) electrons. The topological polar surface area (TPSA) is 47.6 Å². The maximum Gasteiger partial charge on any atom is 0.387 e. The second-order valence-electron chi connectivity index (χ2n) is 7.56. The predicted molar refractivity (Wildman–Crippen MR) is 111 cm³/mol. The fourth-order valence-corrected chi connectivity index (χ4v) is 4.07. The van der Waals surface area contributed by atoms with E-state index in [4.69, 9.17) is 9.72 Å². The highest BCUT2D eigenvalue weighted by molar-refractivity contribution is 5.74. The van der Waals surface area contributed by atoms with Gasteiger partial charge in [0.2, 0.25) is 0 Å². The van der Waals surface area contributed by atoms with Crippen LogP contribution >= 0.6 is 0 Å². The van der Waals surface area contributed by atoms with Gasteiger partial charge < -0.3 is 9.64 Å². The molecule has 1 aliphatic heterocycles. The van der Waals surface area contributed by atoms with Gasteiger partial charge in [-0.15, -0.1) is 0 Å². The Hall–Kier alpha value is -3.42. The summed E-state index contributed by atoms with van der Waals surface area (Å²) in [5.74, 6) is 1.31. The Morgan fingerprint density at radius 3 is 2.70 bits per heavy atom. The van der Waals surface area contributed by atoms with Crippen LogP contribution in [0.15, 0.2) is 55.0 Å². The van der Waals surface area contributed by atoms with Crippen LogP contribution in [-0.2, 0) is 7.05 Å². The normalized spacial score (nSPS) is 16.3. The summed E-state index contributed by atoms with van der Waals surface area (Å²) in [5, 5.41) is 4.26. The molecule has 0 spiro atoms. The molecule has 1 unspecified atom stereocenters. The summed E-state index contributed by atoms with van der Waals surface area (Å²) in [6.07, 6.45) is 6.67. The van der Waals surface area contributed by atoms with Crippen molar-refractivity contribution in [2.45, 2.75) is 25.9 Å². The molecule has 4 aromatic rings. The zero-order chi connectivity index (χ0) is 20.8. The van der Waals surface area contributed by atoms with E-state index in [1.54, 1.807) is 16.8 Å². The quantitative estimate of drug-likeness (QED) is 0.477. The van der Waals surface area contributed by atoms with Gasteiger partial charge in [0, 0.05) is 43.0 Å². The number of aromatic nitrogens is 4. The van der Waals surface area contributed by atoms with Crippen LogP contribution in [0.25, 0.3) is 16.8 Å². The summed E-state index contributed by atoms with van der Waals surface area (Å²) in [6.45, 7) is -0.0526. The molecule has 0 saturated carbocycles. The summed E-state index contributed by atoms with van der Waals surface area (Å²) in [4.78, 5) is 6.88. The highest BCUT2D eigenvalue weighted by Crippen LogP contribution is 2.43. The predicted octanol–water partition coefficient (Wildman–Crippen LogP) is 4.98. The van der Waals surface area contributed by atoms with Crippen LogP contribution in [0.3, 0.4) is 0 Å². The number of anilines is 2. The Labute approximate surface area is 172 Å². The molecule has 0 N–H and O–H groups in total. The van der Waals surface area contributed by atoms with E-state index in [1.807, 2.05) is 59.2 Å². The first-order chi connectivity index (χ1) is 14.5. The Morgan fingerprint density at radius 2 is 1.93 bits per heavy atom. The fraction of sp³-hybridized carbons (Fsp3) is 0.273. The SMILES string of the molecule is CC1CCN(c2ccccc2OC(F)F)c2c1nc1ccc(-c3cnn(C)c3)cn21. The summed E-state index contributed by atoms with van der Waals surface area (Å²) in [6, 6.07) is 10.9. The van der Waals surface area contributed by atoms with Gasteiger partial charge in [-0.25, -0.2) is 4.98 Å². The second kappa shape index (κ2) is 7.12. The van der Waals surface area contributed by atoms with Crippen molar-refractivity contribution in [3.05, 3.63) is 60.7 Å². The number of pyridine rings is 1. The van der Waals surface area contributed by atoms with E-state index in [0.717, 1.165) is 34.7 Å². The van der Waals surface area contributed by atoms with Crippen molar-refractivity contribution < 1.29 is 13.5 Å². The number of fused-ring (bicyclic) bond motifs is 3. The van der Waals surface area contributed by atoms with Crippen molar-refractivity contribution in [2.75, 3.05) is 11.4 Å². The van der Waals surface area contributed by atoms with Crippen LogP contribution in [0, 0.1) is 0 Å². The first-order valence-electron chi connectivity index (χ1n) is 9.83. The van der Waals surface area contributed by atoms with Gasteiger partial charge in [-0.3, -0.25) is 9.08 Å². The lowest BCUT2D eigenvalue weighted by atomic mass is 9.99. The largest absolute Gasteiger partial charge is 0.433 e. The molecule has 0 bridgehead atoms. The molecule has 1 aliphatic rings. The van der Waals surface area contributed by atoms with Gasteiger partial charge in [0.15, 0.2) is 0 Å². The third-order valence-corrected chi connectivity index (χ3v) is 5.54. The number of para-hydroxylation sites is 2. The molecule has 0 aliphatic carbocycles. The van der Waals surface area contributed by atoms with Gasteiger partial charge in [0.1, 0.15) is 17.2 Å². The van der Waals surface area contributed by atoms with E-state index >= 15 is 0 Å². The molecule has 5 rings (SSSR count). The van der Waals surface area contributed by atoms with Crippen LogP contribution in [-0.4, -0.2) is 32.3 Å². The standard InChI is InChI=1S/C22H21F2N5O/c1-14-9-10-28(17-5-3-4-6-18(17)30-22(23)24)21-20(14)26-19-8-7-15(13-29(19)21)16-11-25-27(2)12-16/h3-8,11-14,22H,9-10H2,1-2H3. The van der Waals surface area contributed by atoms with Crippen LogP contribution < -0.4 is 9.64 Å². The first kappa shape index (κ1) is 18.6. The number of halogens is 2. The van der Waals surface area contributed by atoms with E-state index in [-0.39, 0.29) is 11.7 Å². The highest BCUT2D eigenvalue weighted by Gasteiger charge is 2.30. The first-order valence-corrected chi connectivity index (χ1v) is 9.83. The zero-order valence-corrected chi connectivity index (χ0v) is 16.7. The lowest BCUT2D eigenvalue weighted by Gasteiger charge is -2.32. The number of hydrogen-bond donors (Lipinski definition) is 0. The molecule has 0 saturated heterocycles. The Bertz CT molecular complexity index is 1220. The van der Waals surface area contributed by atoms with Gasteiger partial charge in [-0.2, -0.15) is 13.9 Å². The van der Waals surface area contributed by atoms with Crippen molar-refractivity contribution in [1.82, 2.24) is 19.2 Å². The monoisotopic (exact) mass is 409 g/mol. The van der Waals surface area contributed by atoms with Crippen molar-refractivity contribution in [3.63, 3.8) is 0 Å². The molecule has 8 heteroatoms. The lowest BCUT2D eigenvalue weighted by Crippen LogP contribution is -2.27.